The molecule has 0 aliphatic carbocycles. The van der Waals surface area contributed by atoms with Crippen LogP contribution in [0.25, 0.3) is 0 Å². The molecule has 0 saturated heterocycles. The number of ether oxygens (including phenoxy) is 1. The molecule has 0 atom stereocenters. The summed E-state index contributed by atoms with van der Waals surface area (Å²) < 4.78 is 4.99. The van der Waals surface area contributed by atoms with Crippen LogP contribution in [-0.4, -0.2) is 29.9 Å². The molecule has 1 heterocycles. The van der Waals surface area contributed by atoms with Crippen LogP contribution < -0.4 is 10.6 Å². The molecule has 0 saturated carbocycles. The van der Waals surface area contributed by atoms with Crippen molar-refractivity contribution in [2.75, 3.05) is 11.9 Å². The first kappa shape index (κ1) is 22.1. The number of thiophene rings is 1. The van der Waals surface area contributed by atoms with Crippen LogP contribution in [0.15, 0.2) is 24.3 Å². The first-order chi connectivity index (χ1) is 13.6. The van der Waals surface area contributed by atoms with Gasteiger partial charge >= 0.3 is 5.97 Å². The van der Waals surface area contributed by atoms with Crippen molar-refractivity contribution in [2.24, 2.45) is 0 Å². The van der Waals surface area contributed by atoms with Gasteiger partial charge in [-0.15, -0.1) is 11.3 Å². The molecule has 7 nitrogen and oxygen atoms in total. The maximum absolute atomic E-state index is 12.6. The fourth-order valence-electron chi connectivity index (χ4n) is 2.49. The van der Waals surface area contributed by atoms with E-state index in [1.165, 1.54) is 12.1 Å². The molecule has 29 heavy (non-hydrogen) atoms. The largest absolute Gasteiger partial charge is 0.462 e. The zero-order chi connectivity index (χ0) is 21.8. The molecule has 0 aliphatic heterocycles. The van der Waals surface area contributed by atoms with Crippen LogP contribution in [-0.2, 0) is 4.74 Å². The van der Waals surface area contributed by atoms with Gasteiger partial charge in [-0.1, -0.05) is 0 Å². The molecular formula is C21H23N3O4S. The van der Waals surface area contributed by atoms with E-state index >= 15 is 0 Å². The fourth-order valence-corrected chi connectivity index (χ4v) is 3.53. The lowest BCUT2D eigenvalue weighted by atomic mass is 10.1. The van der Waals surface area contributed by atoms with Crippen LogP contribution >= 0.6 is 11.3 Å². The topological polar surface area (TPSA) is 108 Å². The SMILES string of the molecule is CCOC(=O)c1sc(NC(=O)c2ccc(C(=O)NC(C)(C)C)cc2)c(C#N)c1C. The van der Waals surface area contributed by atoms with Gasteiger partial charge in [0.1, 0.15) is 15.9 Å². The number of nitrogens with one attached hydrogen (secondary N) is 2. The van der Waals surface area contributed by atoms with E-state index in [0.29, 0.717) is 16.7 Å². The number of esters is 1. The van der Waals surface area contributed by atoms with E-state index in [4.69, 9.17) is 4.74 Å². The molecule has 0 spiro atoms. The number of anilines is 1. The highest BCUT2D eigenvalue weighted by molar-refractivity contribution is 7.18. The Kier molecular flexibility index (Phi) is 6.77. The van der Waals surface area contributed by atoms with Gasteiger partial charge in [0.2, 0.25) is 0 Å². The zero-order valence-corrected chi connectivity index (χ0v) is 17.8. The minimum absolute atomic E-state index is 0.217. The third kappa shape index (κ3) is 5.42. The van der Waals surface area contributed by atoms with Gasteiger partial charge in [0.25, 0.3) is 11.8 Å². The Labute approximate surface area is 173 Å². The summed E-state index contributed by atoms with van der Waals surface area (Å²) in [5.74, 6) is -1.20. The Morgan fingerprint density at radius 1 is 1.10 bits per heavy atom. The molecule has 0 bridgehead atoms. The number of carbonyl (C=O) groups is 3. The van der Waals surface area contributed by atoms with Crippen LogP contribution in [0, 0.1) is 18.3 Å². The van der Waals surface area contributed by atoms with Gasteiger partial charge in [-0.2, -0.15) is 5.26 Å². The molecule has 0 aliphatic rings. The molecule has 2 N–H and O–H groups in total. The quantitative estimate of drug-likeness (QED) is 0.723. The third-order valence-electron chi connectivity index (χ3n) is 3.84. The van der Waals surface area contributed by atoms with E-state index < -0.39 is 11.9 Å². The van der Waals surface area contributed by atoms with Gasteiger partial charge < -0.3 is 15.4 Å². The van der Waals surface area contributed by atoms with Crippen molar-refractivity contribution in [1.82, 2.24) is 5.32 Å². The monoisotopic (exact) mass is 413 g/mol. The van der Waals surface area contributed by atoms with E-state index in [0.717, 1.165) is 11.3 Å². The summed E-state index contributed by atoms with van der Waals surface area (Å²) in [5, 5.41) is 15.2. The summed E-state index contributed by atoms with van der Waals surface area (Å²) in [6.45, 7) is 9.20. The summed E-state index contributed by atoms with van der Waals surface area (Å²) in [6.07, 6.45) is 0. The molecule has 152 valence electrons. The number of hydrogen-bond donors (Lipinski definition) is 2. The van der Waals surface area contributed by atoms with Crippen molar-refractivity contribution in [3.05, 3.63) is 51.4 Å². The van der Waals surface area contributed by atoms with Gasteiger partial charge in [0.05, 0.1) is 12.2 Å². The highest BCUT2D eigenvalue weighted by Gasteiger charge is 2.23. The number of benzene rings is 1. The van der Waals surface area contributed by atoms with E-state index in [1.807, 2.05) is 26.8 Å². The minimum Gasteiger partial charge on any atom is -0.462 e. The van der Waals surface area contributed by atoms with Crippen molar-refractivity contribution < 1.29 is 19.1 Å². The predicted molar refractivity (Wildman–Crippen MR) is 111 cm³/mol. The normalized spacial score (nSPS) is 10.8. The summed E-state index contributed by atoms with van der Waals surface area (Å²) in [6, 6.07) is 8.21. The van der Waals surface area contributed by atoms with E-state index in [1.54, 1.807) is 26.0 Å². The Morgan fingerprint density at radius 2 is 1.66 bits per heavy atom. The second-order valence-corrected chi connectivity index (χ2v) is 8.35. The van der Waals surface area contributed by atoms with Crippen LogP contribution in [0.1, 0.15) is 69.2 Å². The van der Waals surface area contributed by atoms with Crippen LogP contribution in [0.3, 0.4) is 0 Å². The second-order valence-electron chi connectivity index (χ2n) is 7.33. The Bertz CT molecular complexity index is 979. The molecule has 2 amide bonds. The van der Waals surface area contributed by atoms with Gasteiger partial charge in [-0.25, -0.2) is 4.79 Å². The summed E-state index contributed by atoms with van der Waals surface area (Å²) in [4.78, 5) is 37.1. The van der Waals surface area contributed by atoms with Crippen LogP contribution in [0.2, 0.25) is 0 Å². The van der Waals surface area contributed by atoms with Gasteiger partial charge in [-0.3, -0.25) is 9.59 Å². The van der Waals surface area contributed by atoms with Gasteiger partial charge in [0, 0.05) is 16.7 Å². The summed E-state index contributed by atoms with van der Waals surface area (Å²) in [5.41, 5.74) is 1.10. The Hall–Kier alpha value is -3.18. The molecular weight excluding hydrogens is 390 g/mol. The second kappa shape index (κ2) is 8.88. The van der Waals surface area contributed by atoms with Crippen molar-refractivity contribution in [3.63, 3.8) is 0 Å². The third-order valence-corrected chi connectivity index (χ3v) is 5.03. The van der Waals surface area contributed by atoms with Crippen molar-refractivity contribution in [1.29, 1.82) is 5.26 Å². The number of nitriles is 1. The number of hydrogen-bond acceptors (Lipinski definition) is 6. The summed E-state index contributed by atoms with van der Waals surface area (Å²) >= 11 is 1.00. The molecule has 0 fully saturated rings. The van der Waals surface area contributed by atoms with E-state index in [9.17, 15) is 19.6 Å². The maximum Gasteiger partial charge on any atom is 0.348 e. The van der Waals surface area contributed by atoms with E-state index in [-0.39, 0.29) is 33.5 Å². The van der Waals surface area contributed by atoms with Crippen LogP contribution in [0.4, 0.5) is 5.00 Å². The highest BCUT2D eigenvalue weighted by atomic mass is 32.1. The zero-order valence-electron chi connectivity index (χ0n) is 17.0. The first-order valence-electron chi connectivity index (χ1n) is 9.02. The van der Waals surface area contributed by atoms with Crippen molar-refractivity contribution in [3.8, 4) is 6.07 Å². The lowest BCUT2D eigenvalue weighted by Gasteiger charge is -2.20. The smallest absolute Gasteiger partial charge is 0.348 e. The molecule has 8 heteroatoms. The molecule has 0 radical (unpaired) electrons. The van der Waals surface area contributed by atoms with Gasteiger partial charge in [0.15, 0.2) is 0 Å². The molecule has 0 unspecified atom stereocenters. The van der Waals surface area contributed by atoms with Crippen LogP contribution in [0.5, 0.6) is 0 Å². The van der Waals surface area contributed by atoms with Crippen molar-refractivity contribution >= 4 is 34.1 Å². The Morgan fingerprint density at radius 3 is 2.14 bits per heavy atom. The highest BCUT2D eigenvalue weighted by Crippen LogP contribution is 2.33. The molecule has 2 rings (SSSR count). The standard InChI is InChI=1S/C21H23N3O4S/c1-6-28-20(27)16-12(2)15(11-22)19(29-16)23-17(25)13-7-9-14(10-8-13)18(26)24-21(3,4)5/h7-10H,6H2,1-5H3,(H,23,25)(H,24,26). The molecule has 1 aromatic heterocycles. The molecule has 2 aromatic rings. The first-order valence-corrected chi connectivity index (χ1v) is 9.83. The fraction of sp³-hybridized carbons (Fsp3) is 0.333. The number of nitrogens with zero attached hydrogens (tertiary/aromatic N) is 1. The number of carbonyl (C=O) groups excluding carboxylic acids is 3. The number of rotatable bonds is 5. The number of amides is 2. The lowest BCUT2D eigenvalue weighted by Crippen LogP contribution is -2.40. The lowest BCUT2D eigenvalue weighted by molar-refractivity contribution is 0.0531. The maximum atomic E-state index is 12.6. The Balaban J connectivity index is 2.20. The average molecular weight is 413 g/mol. The van der Waals surface area contributed by atoms with E-state index in [2.05, 4.69) is 10.6 Å². The summed E-state index contributed by atoms with van der Waals surface area (Å²) in [7, 11) is 0. The minimum atomic E-state index is -0.527. The van der Waals surface area contributed by atoms with Crippen molar-refractivity contribution in [2.45, 2.75) is 40.2 Å². The predicted octanol–water partition coefficient (Wildman–Crippen LogP) is 3.89. The average Bonchev–Trinajstić information content (AvgIpc) is 2.96. The molecule has 1 aromatic carbocycles. The van der Waals surface area contributed by atoms with Gasteiger partial charge in [-0.05, 0) is 64.4 Å².